The Bertz CT molecular complexity index is 570. The van der Waals surface area contributed by atoms with Crippen molar-refractivity contribution in [2.45, 2.75) is 12.5 Å². The molecule has 4 nitrogen and oxygen atoms in total. The first-order chi connectivity index (χ1) is 9.70. The fourth-order valence-electron chi connectivity index (χ4n) is 2.03. The molecule has 0 unspecified atom stereocenters. The van der Waals surface area contributed by atoms with Crippen molar-refractivity contribution < 1.29 is 9.90 Å². The highest BCUT2D eigenvalue weighted by atomic mass is 16.3. The quantitative estimate of drug-likeness (QED) is 0.723. The fourth-order valence-corrected chi connectivity index (χ4v) is 2.03. The van der Waals surface area contributed by atoms with Crippen LogP contribution in [-0.2, 0) is 11.2 Å². The second-order valence-corrected chi connectivity index (χ2v) is 4.59. The van der Waals surface area contributed by atoms with Gasteiger partial charge >= 0.3 is 0 Å². The van der Waals surface area contributed by atoms with Gasteiger partial charge in [0.15, 0.2) is 0 Å². The van der Waals surface area contributed by atoms with Gasteiger partial charge in [0.25, 0.3) is 0 Å². The SMILES string of the molecule is Nc1ccccc1CC(=O)N[C@H](CO)c1ccccc1. The number of amides is 1. The normalized spacial score (nSPS) is 11.8. The average molecular weight is 270 g/mol. The molecule has 0 saturated heterocycles. The number of benzene rings is 2. The first kappa shape index (κ1) is 14.1. The van der Waals surface area contributed by atoms with Gasteiger partial charge in [-0.1, -0.05) is 48.5 Å². The van der Waals surface area contributed by atoms with Crippen molar-refractivity contribution in [2.75, 3.05) is 12.3 Å². The van der Waals surface area contributed by atoms with Gasteiger partial charge in [0.2, 0.25) is 5.91 Å². The van der Waals surface area contributed by atoms with Crippen LogP contribution in [-0.4, -0.2) is 17.6 Å². The zero-order chi connectivity index (χ0) is 14.4. The minimum absolute atomic E-state index is 0.139. The first-order valence-electron chi connectivity index (χ1n) is 6.49. The van der Waals surface area contributed by atoms with E-state index in [-0.39, 0.29) is 18.9 Å². The average Bonchev–Trinajstić information content (AvgIpc) is 2.48. The standard InChI is InChI=1S/C16H18N2O2/c17-14-9-5-4-8-13(14)10-16(20)18-15(11-19)12-6-2-1-3-7-12/h1-9,15,19H,10-11,17H2,(H,18,20)/t15-/m1/s1. The summed E-state index contributed by atoms with van der Waals surface area (Å²) in [7, 11) is 0. The van der Waals surface area contributed by atoms with Crippen molar-refractivity contribution in [3.8, 4) is 0 Å². The second kappa shape index (κ2) is 6.73. The van der Waals surface area contributed by atoms with Crippen LogP contribution < -0.4 is 11.1 Å². The van der Waals surface area contributed by atoms with Gasteiger partial charge in [-0.3, -0.25) is 4.79 Å². The molecule has 0 aromatic heterocycles. The third kappa shape index (κ3) is 3.59. The van der Waals surface area contributed by atoms with Gasteiger partial charge in [0.1, 0.15) is 0 Å². The number of aliphatic hydroxyl groups excluding tert-OH is 1. The van der Waals surface area contributed by atoms with E-state index in [0.717, 1.165) is 11.1 Å². The molecule has 0 aliphatic rings. The molecule has 0 radical (unpaired) electrons. The number of para-hydroxylation sites is 1. The number of hydrogen-bond acceptors (Lipinski definition) is 3. The topological polar surface area (TPSA) is 75.4 Å². The lowest BCUT2D eigenvalue weighted by Gasteiger charge is -2.17. The van der Waals surface area contributed by atoms with Crippen LogP contribution in [0.15, 0.2) is 54.6 Å². The summed E-state index contributed by atoms with van der Waals surface area (Å²) in [6, 6.07) is 16.3. The molecule has 0 saturated carbocycles. The van der Waals surface area contributed by atoms with E-state index in [9.17, 15) is 9.90 Å². The summed E-state index contributed by atoms with van der Waals surface area (Å²) in [6.07, 6.45) is 0.204. The maximum absolute atomic E-state index is 12.0. The molecule has 4 N–H and O–H groups in total. The number of aliphatic hydroxyl groups is 1. The van der Waals surface area contributed by atoms with Crippen LogP contribution in [0.4, 0.5) is 5.69 Å². The highest BCUT2D eigenvalue weighted by molar-refractivity contribution is 5.80. The van der Waals surface area contributed by atoms with Crippen molar-refractivity contribution in [1.29, 1.82) is 0 Å². The van der Waals surface area contributed by atoms with Crippen LogP contribution in [0.25, 0.3) is 0 Å². The van der Waals surface area contributed by atoms with E-state index in [1.807, 2.05) is 48.5 Å². The summed E-state index contributed by atoms with van der Waals surface area (Å²) in [5.74, 6) is -0.161. The Morgan fingerprint density at radius 3 is 2.40 bits per heavy atom. The van der Waals surface area contributed by atoms with Crippen molar-refractivity contribution in [3.63, 3.8) is 0 Å². The Labute approximate surface area is 118 Å². The number of hydrogen-bond donors (Lipinski definition) is 3. The molecule has 20 heavy (non-hydrogen) atoms. The number of nitrogen functional groups attached to an aromatic ring is 1. The predicted octanol–water partition coefficient (Wildman–Crippen LogP) is 1.66. The van der Waals surface area contributed by atoms with Crippen LogP contribution in [0.5, 0.6) is 0 Å². The molecule has 0 heterocycles. The molecule has 2 aromatic carbocycles. The molecule has 4 heteroatoms. The van der Waals surface area contributed by atoms with Gasteiger partial charge in [-0.2, -0.15) is 0 Å². The molecule has 104 valence electrons. The molecule has 1 atom stereocenters. The van der Waals surface area contributed by atoms with Crippen LogP contribution in [0.1, 0.15) is 17.2 Å². The van der Waals surface area contributed by atoms with Gasteiger partial charge < -0.3 is 16.2 Å². The highest BCUT2D eigenvalue weighted by Crippen LogP contribution is 2.14. The maximum atomic E-state index is 12.0. The van der Waals surface area contributed by atoms with E-state index in [2.05, 4.69) is 5.32 Å². The zero-order valence-electron chi connectivity index (χ0n) is 11.1. The van der Waals surface area contributed by atoms with Crippen LogP contribution in [0, 0.1) is 0 Å². The third-order valence-electron chi connectivity index (χ3n) is 3.13. The number of carbonyl (C=O) groups is 1. The van der Waals surface area contributed by atoms with Crippen molar-refractivity contribution >= 4 is 11.6 Å². The van der Waals surface area contributed by atoms with E-state index >= 15 is 0 Å². The summed E-state index contributed by atoms with van der Waals surface area (Å²) < 4.78 is 0. The Morgan fingerprint density at radius 1 is 1.10 bits per heavy atom. The molecule has 0 aliphatic carbocycles. The van der Waals surface area contributed by atoms with Gasteiger partial charge in [0.05, 0.1) is 19.1 Å². The minimum atomic E-state index is -0.395. The Hall–Kier alpha value is -2.33. The number of nitrogens with two attached hydrogens (primary N) is 1. The fraction of sp³-hybridized carbons (Fsp3) is 0.188. The summed E-state index contributed by atoms with van der Waals surface area (Å²) in [5.41, 5.74) is 8.08. The molecule has 2 rings (SSSR count). The van der Waals surface area contributed by atoms with E-state index in [4.69, 9.17) is 5.73 Å². The summed E-state index contributed by atoms with van der Waals surface area (Å²) in [4.78, 5) is 12.0. The number of nitrogens with one attached hydrogen (secondary N) is 1. The number of carbonyl (C=O) groups excluding carboxylic acids is 1. The smallest absolute Gasteiger partial charge is 0.225 e. The largest absolute Gasteiger partial charge is 0.398 e. The molecular formula is C16H18N2O2. The lowest BCUT2D eigenvalue weighted by molar-refractivity contribution is -0.121. The molecule has 1 amide bonds. The Kier molecular flexibility index (Phi) is 4.74. The van der Waals surface area contributed by atoms with Crippen LogP contribution >= 0.6 is 0 Å². The number of rotatable bonds is 5. The highest BCUT2D eigenvalue weighted by Gasteiger charge is 2.14. The van der Waals surface area contributed by atoms with Crippen LogP contribution in [0.2, 0.25) is 0 Å². The van der Waals surface area contributed by atoms with Gasteiger partial charge in [-0.25, -0.2) is 0 Å². The van der Waals surface area contributed by atoms with Gasteiger partial charge in [0, 0.05) is 5.69 Å². The van der Waals surface area contributed by atoms with E-state index in [1.54, 1.807) is 6.07 Å². The third-order valence-corrected chi connectivity index (χ3v) is 3.13. The molecular weight excluding hydrogens is 252 g/mol. The minimum Gasteiger partial charge on any atom is -0.398 e. The molecule has 0 spiro atoms. The molecule has 0 bridgehead atoms. The molecule has 2 aromatic rings. The second-order valence-electron chi connectivity index (χ2n) is 4.59. The Balaban J connectivity index is 2.02. The monoisotopic (exact) mass is 270 g/mol. The lowest BCUT2D eigenvalue weighted by atomic mass is 10.1. The van der Waals surface area contributed by atoms with Crippen molar-refractivity contribution in [1.82, 2.24) is 5.32 Å². The predicted molar refractivity (Wildman–Crippen MR) is 79.0 cm³/mol. The van der Waals surface area contributed by atoms with E-state index < -0.39 is 6.04 Å². The van der Waals surface area contributed by atoms with Crippen molar-refractivity contribution in [2.24, 2.45) is 0 Å². The maximum Gasteiger partial charge on any atom is 0.225 e. The summed E-state index contributed by atoms with van der Waals surface area (Å²) in [6.45, 7) is -0.139. The Morgan fingerprint density at radius 2 is 1.75 bits per heavy atom. The van der Waals surface area contributed by atoms with E-state index in [0.29, 0.717) is 5.69 Å². The zero-order valence-corrected chi connectivity index (χ0v) is 11.1. The van der Waals surface area contributed by atoms with Gasteiger partial charge in [-0.15, -0.1) is 0 Å². The van der Waals surface area contributed by atoms with Crippen molar-refractivity contribution in [3.05, 3.63) is 65.7 Å². The van der Waals surface area contributed by atoms with E-state index in [1.165, 1.54) is 0 Å². The lowest BCUT2D eigenvalue weighted by Crippen LogP contribution is -2.32. The first-order valence-corrected chi connectivity index (χ1v) is 6.49. The molecule has 0 aliphatic heterocycles. The summed E-state index contributed by atoms with van der Waals surface area (Å²) in [5, 5.41) is 12.2. The summed E-state index contributed by atoms with van der Waals surface area (Å²) >= 11 is 0. The van der Waals surface area contributed by atoms with Gasteiger partial charge in [-0.05, 0) is 17.2 Å². The van der Waals surface area contributed by atoms with Crippen LogP contribution in [0.3, 0.4) is 0 Å². The molecule has 0 fully saturated rings. The number of anilines is 1.